The molecule has 0 unspecified atom stereocenters. The van der Waals surface area contributed by atoms with Gasteiger partial charge in [-0.3, -0.25) is 4.79 Å². The lowest BCUT2D eigenvalue weighted by molar-refractivity contribution is -0.117. The van der Waals surface area contributed by atoms with Crippen LogP contribution in [0.4, 0.5) is 16.2 Å². The highest BCUT2D eigenvalue weighted by Crippen LogP contribution is 2.13. The Morgan fingerprint density at radius 3 is 2.14 bits per heavy atom. The van der Waals surface area contributed by atoms with Crippen LogP contribution < -0.4 is 16.0 Å². The zero-order valence-corrected chi connectivity index (χ0v) is 12.7. The van der Waals surface area contributed by atoms with Gasteiger partial charge in [0.15, 0.2) is 0 Å². The number of urea groups is 1. The van der Waals surface area contributed by atoms with Crippen molar-refractivity contribution in [1.82, 2.24) is 5.32 Å². The van der Waals surface area contributed by atoms with E-state index in [9.17, 15) is 9.59 Å². The van der Waals surface area contributed by atoms with Gasteiger partial charge >= 0.3 is 6.03 Å². The third kappa shape index (κ3) is 4.79. The molecule has 114 valence electrons. The molecule has 0 aliphatic rings. The number of para-hydroxylation sites is 1. The molecule has 0 fully saturated rings. The number of rotatable bonds is 4. The molecule has 0 aliphatic carbocycles. The van der Waals surface area contributed by atoms with Gasteiger partial charge in [-0.15, -0.1) is 0 Å². The van der Waals surface area contributed by atoms with Gasteiger partial charge in [-0.25, -0.2) is 4.79 Å². The molecule has 0 saturated carbocycles. The van der Waals surface area contributed by atoms with E-state index in [1.807, 2.05) is 18.2 Å². The fourth-order valence-corrected chi connectivity index (χ4v) is 1.86. The second kappa shape index (κ2) is 7.47. The van der Waals surface area contributed by atoms with E-state index in [1.165, 1.54) is 0 Å². The predicted octanol–water partition coefficient (Wildman–Crippen LogP) is 3.49. The van der Waals surface area contributed by atoms with Crippen LogP contribution in [0.15, 0.2) is 54.6 Å². The Balaban J connectivity index is 1.85. The van der Waals surface area contributed by atoms with Crippen LogP contribution in [0.2, 0.25) is 5.02 Å². The maximum atomic E-state index is 12.0. The molecule has 0 aromatic heterocycles. The SMILES string of the molecule is C[C@H](NC(=O)Nc1ccccc1)C(=O)Nc1ccc(Cl)cc1. The van der Waals surface area contributed by atoms with Crippen molar-refractivity contribution in [1.29, 1.82) is 0 Å². The smallest absolute Gasteiger partial charge is 0.319 e. The first kappa shape index (κ1) is 15.9. The molecule has 6 heteroatoms. The van der Waals surface area contributed by atoms with Crippen LogP contribution in [0.3, 0.4) is 0 Å². The highest BCUT2D eigenvalue weighted by Gasteiger charge is 2.15. The van der Waals surface area contributed by atoms with Gasteiger partial charge in [-0.1, -0.05) is 29.8 Å². The second-order valence-electron chi connectivity index (χ2n) is 4.68. The van der Waals surface area contributed by atoms with Crippen molar-refractivity contribution >= 4 is 34.9 Å². The third-order valence-electron chi connectivity index (χ3n) is 2.88. The van der Waals surface area contributed by atoms with Gasteiger partial charge in [0.05, 0.1) is 0 Å². The van der Waals surface area contributed by atoms with E-state index in [2.05, 4.69) is 16.0 Å². The molecule has 0 saturated heterocycles. The zero-order chi connectivity index (χ0) is 15.9. The number of carbonyl (C=O) groups excluding carboxylic acids is 2. The number of carbonyl (C=O) groups is 2. The van der Waals surface area contributed by atoms with Crippen molar-refractivity contribution in [2.75, 3.05) is 10.6 Å². The summed E-state index contributed by atoms with van der Waals surface area (Å²) in [5.41, 5.74) is 1.27. The number of amides is 3. The van der Waals surface area contributed by atoms with Crippen molar-refractivity contribution in [3.63, 3.8) is 0 Å². The summed E-state index contributed by atoms with van der Waals surface area (Å²) in [6.45, 7) is 1.61. The Labute approximate surface area is 133 Å². The summed E-state index contributed by atoms with van der Waals surface area (Å²) in [7, 11) is 0. The average Bonchev–Trinajstić information content (AvgIpc) is 2.50. The molecule has 22 heavy (non-hydrogen) atoms. The number of benzene rings is 2. The van der Waals surface area contributed by atoms with Gasteiger partial charge < -0.3 is 16.0 Å². The standard InChI is InChI=1S/C16H16ClN3O2/c1-11(15(21)19-14-9-7-12(17)8-10-14)18-16(22)20-13-5-3-2-4-6-13/h2-11H,1H3,(H,19,21)(H2,18,20,22)/t11-/m0/s1. The zero-order valence-electron chi connectivity index (χ0n) is 12.0. The molecule has 0 aliphatic heterocycles. The lowest BCUT2D eigenvalue weighted by atomic mass is 10.2. The first-order valence-electron chi connectivity index (χ1n) is 6.73. The number of hydrogen-bond donors (Lipinski definition) is 3. The topological polar surface area (TPSA) is 70.2 Å². The van der Waals surface area contributed by atoms with Gasteiger partial charge in [-0.2, -0.15) is 0 Å². The first-order chi connectivity index (χ1) is 10.5. The summed E-state index contributed by atoms with van der Waals surface area (Å²) in [5.74, 6) is -0.314. The lowest BCUT2D eigenvalue weighted by Crippen LogP contribution is -2.43. The molecule has 1 atom stereocenters. The number of hydrogen-bond acceptors (Lipinski definition) is 2. The van der Waals surface area contributed by atoms with Crippen LogP contribution in [-0.2, 0) is 4.79 Å². The molecule has 2 aromatic carbocycles. The van der Waals surface area contributed by atoms with E-state index in [0.717, 1.165) is 0 Å². The average molecular weight is 318 g/mol. The molecular weight excluding hydrogens is 302 g/mol. The van der Waals surface area contributed by atoms with Gasteiger partial charge in [0.1, 0.15) is 6.04 Å². The van der Waals surface area contributed by atoms with Gasteiger partial charge in [0.2, 0.25) is 5.91 Å². The van der Waals surface area contributed by atoms with E-state index in [4.69, 9.17) is 11.6 Å². The van der Waals surface area contributed by atoms with E-state index >= 15 is 0 Å². The van der Waals surface area contributed by atoms with Gasteiger partial charge in [-0.05, 0) is 43.3 Å². The van der Waals surface area contributed by atoms with Crippen LogP contribution in [0.25, 0.3) is 0 Å². The molecule has 0 heterocycles. The van der Waals surface area contributed by atoms with Gasteiger partial charge in [0, 0.05) is 16.4 Å². The van der Waals surface area contributed by atoms with E-state index in [1.54, 1.807) is 43.3 Å². The van der Waals surface area contributed by atoms with Crippen LogP contribution in [0.5, 0.6) is 0 Å². The minimum absolute atomic E-state index is 0.314. The Hall–Kier alpha value is -2.53. The van der Waals surface area contributed by atoms with Crippen LogP contribution in [0.1, 0.15) is 6.92 Å². The predicted molar refractivity (Wildman–Crippen MR) is 88.1 cm³/mol. The summed E-state index contributed by atoms with van der Waals surface area (Å²) in [6.07, 6.45) is 0. The summed E-state index contributed by atoms with van der Waals surface area (Å²) < 4.78 is 0. The largest absolute Gasteiger partial charge is 0.326 e. The maximum absolute atomic E-state index is 12.0. The number of anilines is 2. The molecule has 2 aromatic rings. The Kier molecular flexibility index (Phi) is 5.38. The molecule has 2 rings (SSSR count). The Bertz CT molecular complexity index is 644. The Morgan fingerprint density at radius 2 is 1.50 bits per heavy atom. The minimum atomic E-state index is -0.681. The molecule has 0 spiro atoms. The highest BCUT2D eigenvalue weighted by molar-refractivity contribution is 6.30. The first-order valence-corrected chi connectivity index (χ1v) is 7.11. The molecule has 3 amide bonds. The third-order valence-corrected chi connectivity index (χ3v) is 3.14. The fourth-order valence-electron chi connectivity index (χ4n) is 1.73. The van der Waals surface area contributed by atoms with Gasteiger partial charge in [0.25, 0.3) is 0 Å². The van der Waals surface area contributed by atoms with Crippen molar-refractivity contribution in [3.05, 3.63) is 59.6 Å². The summed E-state index contributed by atoms with van der Waals surface area (Å²) >= 11 is 5.78. The Morgan fingerprint density at radius 1 is 0.909 bits per heavy atom. The molecule has 0 bridgehead atoms. The maximum Gasteiger partial charge on any atom is 0.319 e. The van der Waals surface area contributed by atoms with E-state index < -0.39 is 12.1 Å². The highest BCUT2D eigenvalue weighted by atomic mass is 35.5. The van der Waals surface area contributed by atoms with Crippen LogP contribution in [-0.4, -0.2) is 18.0 Å². The van der Waals surface area contributed by atoms with Crippen molar-refractivity contribution < 1.29 is 9.59 Å². The quantitative estimate of drug-likeness (QED) is 0.808. The van der Waals surface area contributed by atoms with E-state index in [-0.39, 0.29) is 5.91 Å². The molecule has 5 nitrogen and oxygen atoms in total. The summed E-state index contributed by atoms with van der Waals surface area (Å²) in [4.78, 5) is 23.8. The second-order valence-corrected chi connectivity index (χ2v) is 5.12. The van der Waals surface area contributed by atoms with Crippen LogP contribution >= 0.6 is 11.6 Å². The molecule has 3 N–H and O–H groups in total. The molecular formula is C16H16ClN3O2. The fraction of sp³-hybridized carbons (Fsp3) is 0.125. The van der Waals surface area contributed by atoms with Crippen LogP contribution in [0, 0.1) is 0 Å². The summed E-state index contributed by atoms with van der Waals surface area (Å²) in [5, 5.41) is 8.51. The number of halogens is 1. The normalized spacial score (nSPS) is 11.4. The van der Waals surface area contributed by atoms with Crippen molar-refractivity contribution in [3.8, 4) is 0 Å². The number of nitrogens with one attached hydrogen (secondary N) is 3. The monoisotopic (exact) mass is 317 g/mol. The lowest BCUT2D eigenvalue weighted by Gasteiger charge is -2.15. The van der Waals surface area contributed by atoms with E-state index in [0.29, 0.717) is 16.4 Å². The molecule has 0 radical (unpaired) electrons. The van der Waals surface area contributed by atoms with Crippen molar-refractivity contribution in [2.24, 2.45) is 0 Å². The minimum Gasteiger partial charge on any atom is -0.326 e. The van der Waals surface area contributed by atoms with Crippen molar-refractivity contribution in [2.45, 2.75) is 13.0 Å². The summed E-state index contributed by atoms with van der Waals surface area (Å²) in [6, 6.07) is 14.6.